The molecular formula is C11H13Br2NO4S. The van der Waals surface area contributed by atoms with E-state index in [1.807, 2.05) is 0 Å². The molecule has 1 rings (SSSR count). The Morgan fingerprint density at radius 2 is 1.89 bits per heavy atom. The summed E-state index contributed by atoms with van der Waals surface area (Å²) in [5.41, 5.74) is -1.35. The van der Waals surface area contributed by atoms with Gasteiger partial charge in [-0.3, -0.25) is 4.79 Å². The molecule has 0 aliphatic carbocycles. The Balaban J connectivity index is 3.15. The van der Waals surface area contributed by atoms with E-state index in [9.17, 15) is 13.2 Å². The Morgan fingerprint density at radius 1 is 1.32 bits per heavy atom. The number of carbonyl (C=O) groups is 1. The van der Waals surface area contributed by atoms with Crippen molar-refractivity contribution in [1.29, 1.82) is 0 Å². The van der Waals surface area contributed by atoms with Gasteiger partial charge in [0.1, 0.15) is 5.54 Å². The summed E-state index contributed by atoms with van der Waals surface area (Å²) in [6.45, 7) is 2.87. The van der Waals surface area contributed by atoms with Crippen LogP contribution in [0.2, 0.25) is 0 Å². The van der Waals surface area contributed by atoms with E-state index in [4.69, 9.17) is 0 Å². The molecule has 1 N–H and O–H groups in total. The van der Waals surface area contributed by atoms with Crippen molar-refractivity contribution in [2.45, 2.75) is 24.3 Å². The summed E-state index contributed by atoms with van der Waals surface area (Å²) in [6.07, 6.45) is 0. The molecule has 0 unspecified atom stereocenters. The Labute approximate surface area is 129 Å². The van der Waals surface area contributed by atoms with Crippen LogP contribution >= 0.6 is 31.9 Å². The number of halogens is 2. The van der Waals surface area contributed by atoms with Crippen LogP contribution < -0.4 is 4.72 Å². The number of benzene rings is 1. The molecule has 5 nitrogen and oxygen atoms in total. The van der Waals surface area contributed by atoms with Crippen LogP contribution in [0.25, 0.3) is 0 Å². The highest BCUT2D eigenvalue weighted by Gasteiger charge is 2.34. The van der Waals surface area contributed by atoms with Gasteiger partial charge in [0.15, 0.2) is 0 Å². The highest BCUT2D eigenvalue weighted by molar-refractivity contribution is 9.11. The van der Waals surface area contributed by atoms with Crippen LogP contribution in [0.5, 0.6) is 0 Å². The number of methoxy groups -OCH3 is 1. The summed E-state index contributed by atoms with van der Waals surface area (Å²) in [6, 6.07) is 4.65. The van der Waals surface area contributed by atoms with E-state index in [2.05, 4.69) is 41.3 Å². The highest BCUT2D eigenvalue weighted by atomic mass is 79.9. The molecule has 19 heavy (non-hydrogen) atoms. The first kappa shape index (κ1) is 16.6. The Bertz CT molecular complexity index is 599. The van der Waals surface area contributed by atoms with Crippen LogP contribution in [0.1, 0.15) is 13.8 Å². The Hall–Kier alpha value is -0.440. The summed E-state index contributed by atoms with van der Waals surface area (Å²) in [7, 11) is -2.64. The van der Waals surface area contributed by atoms with Gasteiger partial charge in [0.2, 0.25) is 10.0 Å². The molecule has 8 heteroatoms. The van der Waals surface area contributed by atoms with E-state index in [-0.39, 0.29) is 4.90 Å². The zero-order valence-corrected chi connectivity index (χ0v) is 14.5. The maximum absolute atomic E-state index is 12.2. The molecule has 0 heterocycles. The van der Waals surface area contributed by atoms with Crippen molar-refractivity contribution in [2.24, 2.45) is 0 Å². The van der Waals surface area contributed by atoms with Gasteiger partial charge < -0.3 is 4.74 Å². The van der Waals surface area contributed by atoms with E-state index >= 15 is 0 Å². The molecule has 0 saturated heterocycles. The average molecular weight is 415 g/mol. The molecule has 1 aromatic rings. The third-order valence-electron chi connectivity index (χ3n) is 2.27. The lowest BCUT2D eigenvalue weighted by atomic mass is 10.1. The maximum Gasteiger partial charge on any atom is 0.326 e. The van der Waals surface area contributed by atoms with Crippen molar-refractivity contribution >= 4 is 47.9 Å². The first-order valence-electron chi connectivity index (χ1n) is 5.17. The van der Waals surface area contributed by atoms with Crippen LogP contribution in [0, 0.1) is 0 Å². The molecule has 106 valence electrons. The predicted molar refractivity (Wildman–Crippen MR) is 78.3 cm³/mol. The van der Waals surface area contributed by atoms with E-state index < -0.39 is 21.5 Å². The van der Waals surface area contributed by atoms with Gasteiger partial charge in [0, 0.05) is 8.95 Å². The normalized spacial score (nSPS) is 12.3. The van der Waals surface area contributed by atoms with Crippen LogP contribution in [-0.4, -0.2) is 27.0 Å². The topological polar surface area (TPSA) is 72.5 Å². The molecule has 0 fully saturated rings. The molecule has 0 aromatic heterocycles. The van der Waals surface area contributed by atoms with Gasteiger partial charge in [-0.15, -0.1) is 0 Å². The van der Waals surface area contributed by atoms with E-state index in [0.717, 1.165) is 4.47 Å². The van der Waals surface area contributed by atoms with Gasteiger partial charge in [-0.25, -0.2) is 8.42 Å². The monoisotopic (exact) mass is 413 g/mol. The zero-order chi connectivity index (χ0) is 14.8. The summed E-state index contributed by atoms with van der Waals surface area (Å²) in [4.78, 5) is 11.6. The van der Waals surface area contributed by atoms with Crippen LogP contribution in [-0.2, 0) is 19.6 Å². The van der Waals surface area contributed by atoms with Gasteiger partial charge in [-0.05, 0) is 48.0 Å². The fraction of sp³-hybridized carbons (Fsp3) is 0.364. The molecule has 0 saturated carbocycles. The van der Waals surface area contributed by atoms with Crippen LogP contribution in [0.15, 0.2) is 32.0 Å². The van der Waals surface area contributed by atoms with Crippen molar-refractivity contribution in [2.75, 3.05) is 7.11 Å². The maximum atomic E-state index is 12.2. The molecule has 0 aliphatic rings. The fourth-order valence-corrected chi connectivity index (χ4v) is 4.50. The van der Waals surface area contributed by atoms with Gasteiger partial charge in [0.05, 0.1) is 12.0 Å². The third kappa shape index (κ3) is 4.01. The molecule has 0 atom stereocenters. The van der Waals surface area contributed by atoms with Crippen molar-refractivity contribution < 1.29 is 17.9 Å². The number of carbonyl (C=O) groups excluding carboxylic acids is 1. The first-order valence-corrected chi connectivity index (χ1v) is 8.24. The minimum Gasteiger partial charge on any atom is -0.468 e. The van der Waals surface area contributed by atoms with E-state index in [1.165, 1.54) is 27.0 Å². The van der Waals surface area contributed by atoms with Gasteiger partial charge >= 0.3 is 5.97 Å². The van der Waals surface area contributed by atoms with Crippen LogP contribution in [0.4, 0.5) is 0 Å². The SMILES string of the molecule is COC(=O)C(C)(C)NS(=O)(=O)c1ccc(Br)cc1Br. The molecule has 0 bridgehead atoms. The Morgan fingerprint density at radius 3 is 2.37 bits per heavy atom. The number of nitrogens with one attached hydrogen (secondary N) is 1. The highest BCUT2D eigenvalue weighted by Crippen LogP contribution is 2.26. The second kappa shape index (κ2) is 5.90. The van der Waals surface area contributed by atoms with Crippen molar-refractivity contribution in [3.63, 3.8) is 0 Å². The molecule has 0 aliphatic heterocycles. The fourth-order valence-electron chi connectivity index (χ4n) is 1.38. The van der Waals surface area contributed by atoms with E-state index in [0.29, 0.717) is 4.47 Å². The number of rotatable bonds is 4. The summed E-state index contributed by atoms with van der Waals surface area (Å²) < 4.78 is 32.5. The number of ether oxygens (including phenoxy) is 1. The quantitative estimate of drug-likeness (QED) is 0.768. The lowest BCUT2D eigenvalue weighted by Crippen LogP contribution is -2.50. The largest absolute Gasteiger partial charge is 0.468 e. The summed E-state index contributed by atoms with van der Waals surface area (Å²) in [5.74, 6) is -0.663. The van der Waals surface area contributed by atoms with E-state index in [1.54, 1.807) is 12.1 Å². The molecule has 1 aromatic carbocycles. The van der Waals surface area contributed by atoms with Gasteiger partial charge in [-0.2, -0.15) is 4.72 Å². The summed E-state index contributed by atoms with van der Waals surface area (Å²) >= 11 is 6.42. The first-order chi connectivity index (χ1) is 8.60. The predicted octanol–water partition coefficient (Wildman–Crippen LogP) is 2.44. The van der Waals surface area contributed by atoms with Gasteiger partial charge in [0.25, 0.3) is 0 Å². The zero-order valence-electron chi connectivity index (χ0n) is 10.5. The van der Waals surface area contributed by atoms with Crippen molar-refractivity contribution in [3.05, 3.63) is 27.1 Å². The van der Waals surface area contributed by atoms with Crippen molar-refractivity contribution in [1.82, 2.24) is 4.72 Å². The average Bonchev–Trinajstić information content (AvgIpc) is 2.25. The number of esters is 1. The second-order valence-electron chi connectivity index (χ2n) is 4.30. The Kier molecular flexibility index (Phi) is 5.16. The molecular weight excluding hydrogens is 402 g/mol. The lowest BCUT2D eigenvalue weighted by Gasteiger charge is -2.23. The summed E-state index contributed by atoms with van der Waals surface area (Å²) in [5, 5.41) is 0. The minimum atomic E-state index is -3.84. The number of hydrogen-bond acceptors (Lipinski definition) is 4. The van der Waals surface area contributed by atoms with Gasteiger partial charge in [-0.1, -0.05) is 15.9 Å². The molecule has 0 spiro atoms. The second-order valence-corrected chi connectivity index (χ2v) is 7.72. The molecule has 0 radical (unpaired) electrons. The number of sulfonamides is 1. The number of hydrogen-bond donors (Lipinski definition) is 1. The lowest BCUT2D eigenvalue weighted by molar-refractivity contribution is -0.146. The molecule has 0 amide bonds. The standard InChI is InChI=1S/C11H13Br2NO4S/c1-11(2,10(15)18-3)14-19(16,17)9-5-4-7(12)6-8(9)13/h4-6,14H,1-3H3. The minimum absolute atomic E-state index is 0.0488. The smallest absolute Gasteiger partial charge is 0.326 e. The third-order valence-corrected chi connectivity index (χ3v) is 5.39. The van der Waals surface area contributed by atoms with Crippen molar-refractivity contribution in [3.8, 4) is 0 Å². The van der Waals surface area contributed by atoms with Crippen LogP contribution in [0.3, 0.4) is 0 Å².